The molecule has 0 saturated carbocycles. The summed E-state index contributed by atoms with van der Waals surface area (Å²) in [5, 5.41) is 36.5. The van der Waals surface area contributed by atoms with Crippen LogP contribution in [0.2, 0.25) is 0 Å². The average molecular weight is 701 g/mol. The number of hydrogen-bond acceptors (Lipinski definition) is 7. The fraction of sp³-hybridized carbons (Fsp3) is 0.318. The number of allylic oxidation sites excluding steroid dienone is 1. The Hall–Kier alpha value is -5.18. The first-order chi connectivity index (χ1) is 25.2. The molecule has 1 heterocycles. The number of aliphatic hydroxyl groups excluding tert-OH is 2. The summed E-state index contributed by atoms with van der Waals surface area (Å²) in [5.41, 5.74) is 7.32. The Morgan fingerprint density at radius 2 is 1.54 bits per heavy atom. The van der Waals surface area contributed by atoms with Gasteiger partial charge in [0.1, 0.15) is 18.1 Å². The van der Waals surface area contributed by atoms with E-state index in [0.717, 1.165) is 52.1 Å². The number of amides is 2. The van der Waals surface area contributed by atoms with E-state index in [1.54, 1.807) is 12.1 Å². The maximum atomic E-state index is 14.2. The number of benzene rings is 4. The Morgan fingerprint density at radius 3 is 2.17 bits per heavy atom. The van der Waals surface area contributed by atoms with Crippen molar-refractivity contribution in [2.24, 2.45) is 17.8 Å². The summed E-state index contributed by atoms with van der Waals surface area (Å²) >= 11 is 0. The van der Waals surface area contributed by atoms with Gasteiger partial charge < -0.3 is 25.4 Å². The van der Waals surface area contributed by atoms with E-state index in [1.807, 2.05) is 98.8 Å². The van der Waals surface area contributed by atoms with E-state index < -0.39 is 23.9 Å². The molecule has 2 aliphatic rings. The lowest BCUT2D eigenvalue weighted by Gasteiger charge is -2.36. The second kappa shape index (κ2) is 16.4. The molecule has 4 aromatic rings. The monoisotopic (exact) mass is 700 g/mol. The lowest BCUT2D eigenvalue weighted by molar-refractivity contribution is -0.123. The van der Waals surface area contributed by atoms with E-state index in [9.17, 15) is 24.9 Å². The number of aliphatic hydroxyl groups is 2. The molecule has 4 atom stereocenters. The van der Waals surface area contributed by atoms with Crippen LogP contribution in [0.15, 0.2) is 114 Å². The van der Waals surface area contributed by atoms with E-state index in [-0.39, 0.29) is 31.4 Å². The number of carbonyl (C=O) groups is 2. The zero-order chi connectivity index (χ0) is 36.8. The van der Waals surface area contributed by atoms with Gasteiger partial charge in [-0.05, 0) is 128 Å². The summed E-state index contributed by atoms with van der Waals surface area (Å²) in [4.78, 5) is 29.5. The number of hydrogen-bond donors (Lipinski definition) is 4. The second-order valence-electron chi connectivity index (χ2n) is 13.9. The number of aryl methyl sites for hydroxylation is 2. The minimum Gasteiger partial charge on any atom is -0.507 e. The van der Waals surface area contributed by atoms with Crippen LogP contribution in [0.4, 0.5) is 17.1 Å². The van der Waals surface area contributed by atoms with Crippen LogP contribution in [-0.2, 0) is 9.59 Å². The zero-order valence-electron chi connectivity index (χ0n) is 30.1. The molecule has 0 aromatic heterocycles. The second-order valence-corrected chi connectivity index (χ2v) is 13.9. The summed E-state index contributed by atoms with van der Waals surface area (Å²) < 4.78 is 6.18. The highest BCUT2D eigenvalue weighted by molar-refractivity contribution is 6.22. The first-order valence-corrected chi connectivity index (χ1v) is 18.2. The fourth-order valence-corrected chi connectivity index (χ4v) is 7.79. The van der Waals surface area contributed by atoms with Crippen molar-refractivity contribution in [1.82, 2.24) is 0 Å². The predicted octanol–water partition coefficient (Wildman–Crippen LogP) is 8.27. The molecule has 270 valence electrons. The number of imide groups is 1. The van der Waals surface area contributed by atoms with E-state index in [4.69, 9.17) is 4.74 Å². The van der Waals surface area contributed by atoms with Crippen molar-refractivity contribution in [2.45, 2.75) is 59.0 Å². The molecule has 0 unspecified atom stereocenters. The van der Waals surface area contributed by atoms with Crippen molar-refractivity contribution >= 4 is 35.0 Å². The fourth-order valence-electron chi connectivity index (χ4n) is 7.79. The van der Waals surface area contributed by atoms with Crippen LogP contribution in [0.1, 0.15) is 55.7 Å². The SMILES string of the molecule is CCC/C(=C\c1cc(C)c(O)c(C)c1)CC[C@@H](O)C1=C(COc2ccccc2)C[C@H]2C(=O)N(c3ccc(Nc4ccccc4)cc3)C(=O)[C@H]2[C@H]1CO. The van der Waals surface area contributed by atoms with Crippen molar-refractivity contribution < 1.29 is 29.6 Å². The lowest BCUT2D eigenvalue weighted by atomic mass is 9.68. The van der Waals surface area contributed by atoms with Gasteiger partial charge >= 0.3 is 0 Å². The van der Waals surface area contributed by atoms with Crippen molar-refractivity contribution in [2.75, 3.05) is 23.4 Å². The highest BCUT2D eigenvalue weighted by Gasteiger charge is 2.55. The highest BCUT2D eigenvalue weighted by atomic mass is 16.5. The van der Waals surface area contributed by atoms with Crippen molar-refractivity contribution in [1.29, 1.82) is 0 Å². The van der Waals surface area contributed by atoms with Gasteiger partial charge in [-0.15, -0.1) is 0 Å². The van der Waals surface area contributed by atoms with Gasteiger partial charge in [0.15, 0.2) is 0 Å². The third kappa shape index (κ3) is 7.98. The van der Waals surface area contributed by atoms with E-state index in [2.05, 4.69) is 18.3 Å². The Kier molecular flexibility index (Phi) is 11.6. The molecular formula is C44H48N2O6. The minimum atomic E-state index is -0.962. The molecular weight excluding hydrogens is 652 g/mol. The van der Waals surface area contributed by atoms with Gasteiger partial charge in [0.25, 0.3) is 0 Å². The number of nitrogens with one attached hydrogen (secondary N) is 1. The molecule has 0 spiro atoms. The van der Waals surface area contributed by atoms with Gasteiger partial charge in [0, 0.05) is 17.3 Å². The standard InChI is InChI=1S/C44H48N2O6/c1-4-11-30(24-31-22-28(2)42(49)29(3)23-31)16-21-39(48)40-32(27-52-36-14-9-6-10-15-36)25-37-41(38(40)26-47)44(51)46(43(37)50)35-19-17-34(18-20-35)45-33-12-7-5-8-13-33/h5-10,12-15,17-20,22-24,37-39,41,45,47-49H,4,11,16,21,25-27H2,1-3H3/b30-24+/t37-,38+,39-,41-/m1/s1. The number of rotatable bonds is 14. The number of phenols is 1. The Balaban J connectivity index is 1.27. The quantitative estimate of drug-likeness (QED) is 0.0773. The maximum absolute atomic E-state index is 14.2. The van der Waals surface area contributed by atoms with E-state index >= 15 is 0 Å². The molecule has 1 saturated heterocycles. The first kappa shape index (κ1) is 36.6. The first-order valence-electron chi connectivity index (χ1n) is 18.2. The molecule has 4 N–H and O–H groups in total. The minimum absolute atomic E-state index is 0.126. The Morgan fingerprint density at radius 1 is 0.904 bits per heavy atom. The van der Waals surface area contributed by atoms with Crippen LogP contribution < -0.4 is 15.0 Å². The largest absolute Gasteiger partial charge is 0.507 e. The van der Waals surface area contributed by atoms with Gasteiger partial charge in [-0.1, -0.05) is 61.4 Å². The van der Waals surface area contributed by atoms with Crippen LogP contribution in [0.3, 0.4) is 0 Å². The molecule has 8 nitrogen and oxygen atoms in total. The molecule has 1 fully saturated rings. The number of aromatic hydroxyl groups is 1. The van der Waals surface area contributed by atoms with Gasteiger partial charge in [0.2, 0.25) is 11.8 Å². The molecule has 1 aliphatic carbocycles. The van der Waals surface area contributed by atoms with Gasteiger partial charge in [-0.3, -0.25) is 14.5 Å². The lowest BCUT2D eigenvalue weighted by Crippen LogP contribution is -2.40. The van der Waals surface area contributed by atoms with Crippen LogP contribution in [0, 0.1) is 31.6 Å². The molecule has 0 bridgehead atoms. The van der Waals surface area contributed by atoms with Gasteiger partial charge in [0.05, 0.1) is 30.2 Å². The van der Waals surface area contributed by atoms with Crippen LogP contribution >= 0.6 is 0 Å². The molecule has 2 amide bonds. The predicted molar refractivity (Wildman–Crippen MR) is 206 cm³/mol. The van der Waals surface area contributed by atoms with Crippen LogP contribution in [0.25, 0.3) is 6.08 Å². The maximum Gasteiger partial charge on any atom is 0.238 e. The topological polar surface area (TPSA) is 119 Å². The summed E-state index contributed by atoms with van der Waals surface area (Å²) in [6.45, 7) is 5.62. The molecule has 6 rings (SSSR count). The van der Waals surface area contributed by atoms with E-state index in [0.29, 0.717) is 35.6 Å². The van der Waals surface area contributed by atoms with Crippen LogP contribution in [-0.4, -0.2) is 46.5 Å². The smallest absolute Gasteiger partial charge is 0.238 e. The molecule has 4 aromatic carbocycles. The average Bonchev–Trinajstić information content (AvgIpc) is 3.40. The Labute approximate surface area is 306 Å². The third-order valence-electron chi connectivity index (χ3n) is 10.3. The summed E-state index contributed by atoms with van der Waals surface area (Å²) in [6.07, 6.45) is 4.15. The van der Waals surface area contributed by atoms with Crippen LogP contribution in [0.5, 0.6) is 11.5 Å². The summed E-state index contributed by atoms with van der Waals surface area (Å²) in [5.74, 6) is -1.97. The molecule has 52 heavy (non-hydrogen) atoms. The normalized spacial score (nSPS) is 19.5. The zero-order valence-corrected chi connectivity index (χ0v) is 30.1. The summed E-state index contributed by atoms with van der Waals surface area (Å²) in [7, 11) is 0. The third-order valence-corrected chi connectivity index (χ3v) is 10.3. The number of fused-ring (bicyclic) bond motifs is 1. The molecule has 1 aliphatic heterocycles. The van der Waals surface area contributed by atoms with Gasteiger partial charge in [-0.25, -0.2) is 0 Å². The number of ether oxygens (including phenoxy) is 1. The van der Waals surface area contributed by atoms with Gasteiger partial charge in [-0.2, -0.15) is 0 Å². The van der Waals surface area contributed by atoms with E-state index in [1.165, 1.54) is 4.90 Å². The Bertz CT molecular complexity index is 1910. The summed E-state index contributed by atoms with van der Waals surface area (Å²) in [6, 6.07) is 30.2. The van der Waals surface area contributed by atoms with Crippen molar-refractivity contribution in [3.8, 4) is 11.5 Å². The number of anilines is 3. The number of phenolic OH excluding ortho intramolecular Hbond substituents is 1. The molecule has 8 heteroatoms. The number of carbonyl (C=O) groups excluding carboxylic acids is 2. The molecule has 0 radical (unpaired) electrons. The number of nitrogens with zero attached hydrogens (tertiary/aromatic N) is 1. The van der Waals surface area contributed by atoms with Crippen molar-refractivity contribution in [3.63, 3.8) is 0 Å². The van der Waals surface area contributed by atoms with Crippen molar-refractivity contribution in [3.05, 3.63) is 130 Å². The highest BCUT2D eigenvalue weighted by Crippen LogP contribution is 2.47. The number of para-hydroxylation sites is 2.